The van der Waals surface area contributed by atoms with Crippen LogP contribution in [0.25, 0.3) is 0 Å². The quantitative estimate of drug-likeness (QED) is 0.694. The molecule has 5 nitrogen and oxygen atoms in total. The number of carbonyl (C=O) groups excluding carboxylic acids is 2. The molecule has 130 valence electrons. The number of likely N-dealkylation sites (tertiary alicyclic amines) is 1. The minimum absolute atomic E-state index is 0.0357. The van der Waals surface area contributed by atoms with Gasteiger partial charge in [0.05, 0.1) is 7.11 Å². The molecule has 0 bridgehead atoms. The summed E-state index contributed by atoms with van der Waals surface area (Å²) in [5, 5.41) is 0. The van der Waals surface area contributed by atoms with E-state index < -0.39 is 17.7 Å². The Balaban J connectivity index is 1.87. The minimum atomic E-state index is -0.569. The number of hydrogen-bond acceptors (Lipinski definition) is 4. The number of carbonyl (C=O) groups is 2. The summed E-state index contributed by atoms with van der Waals surface area (Å²) in [6.45, 7) is 10.7. The van der Waals surface area contributed by atoms with Gasteiger partial charge in [-0.3, -0.25) is 4.90 Å². The summed E-state index contributed by atoms with van der Waals surface area (Å²) in [6, 6.07) is -0.519. The highest BCUT2D eigenvalue weighted by Crippen LogP contribution is 2.88. The summed E-state index contributed by atoms with van der Waals surface area (Å²) in [7, 11) is 1.39. The van der Waals surface area contributed by atoms with Crippen molar-refractivity contribution >= 4 is 12.1 Å². The molecule has 3 fully saturated rings. The molecule has 0 aromatic carbocycles. The summed E-state index contributed by atoms with van der Waals surface area (Å²) in [5.41, 5.74) is -0.0704. The third kappa shape index (κ3) is 1.97. The van der Waals surface area contributed by atoms with Crippen molar-refractivity contribution in [3.8, 4) is 0 Å². The van der Waals surface area contributed by atoms with Gasteiger partial charge in [-0.15, -0.1) is 0 Å². The smallest absolute Gasteiger partial charge is 0.411 e. The second kappa shape index (κ2) is 4.64. The SMILES string of the molecule is COC(=O)C1CC2(CN1C(=O)OC(C)(C)C)C(C)(C)C21CCC1. The van der Waals surface area contributed by atoms with E-state index in [1.807, 2.05) is 20.8 Å². The molecule has 2 aliphatic carbocycles. The van der Waals surface area contributed by atoms with Gasteiger partial charge in [0.25, 0.3) is 0 Å². The number of amides is 1. The van der Waals surface area contributed by atoms with Crippen molar-refractivity contribution in [1.82, 2.24) is 4.90 Å². The lowest BCUT2D eigenvalue weighted by molar-refractivity contribution is -0.145. The van der Waals surface area contributed by atoms with E-state index in [4.69, 9.17) is 9.47 Å². The van der Waals surface area contributed by atoms with Crippen LogP contribution in [-0.4, -0.2) is 42.3 Å². The van der Waals surface area contributed by atoms with E-state index in [9.17, 15) is 9.59 Å². The molecule has 2 saturated carbocycles. The van der Waals surface area contributed by atoms with Crippen LogP contribution in [0.5, 0.6) is 0 Å². The minimum Gasteiger partial charge on any atom is -0.467 e. The van der Waals surface area contributed by atoms with Crippen molar-refractivity contribution in [2.75, 3.05) is 13.7 Å². The van der Waals surface area contributed by atoms with Gasteiger partial charge in [0.15, 0.2) is 0 Å². The van der Waals surface area contributed by atoms with Gasteiger partial charge < -0.3 is 9.47 Å². The van der Waals surface area contributed by atoms with Crippen LogP contribution in [0, 0.1) is 16.2 Å². The molecule has 3 rings (SSSR count). The summed E-state index contributed by atoms with van der Waals surface area (Å²) in [6.07, 6.45) is 3.96. The second-order valence-electron chi connectivity index (χ2n) is 8.99. The molecule has 5 heteroatoms. The van der Waals surface area contributed by atoms with Crippen LogP contribution in [-0.2, 0) is 14.3 Å². The third-order valence-electron chi connectivity index (χ3n) is 6.91. The third-order valence-corrected chi connectivity index (χ3v) is 6.91. The van der Waals surface area contributed by atoms with Crippen molar-refractivity contribution in [2.24, 2.45) is 16.2 Å². The molecule has 2 spiro atoms. The van der Waals surface area contributed by atoms with E-state index in [1.54, 1.807) is 4.90 Å². The van der Waals surface area contributed by atoms with Gasteiger partial charge in [-0.1, -0.05) is 20.3 Å². The number of hydrogen-bond donors (Lipinski definition) is 0. The zero-order valence-corrected chi connectivity index (χ0v) is 15.2. The molecule has 1 aliphatic heterocycles. The Labute approximate surface area is 138 Å². The first-order valence-corrected chi connectivity index (χ1v) is 8.59. The Hall–Kier alpha value is -1.26. The highest BCUT2D eigenvalue weighted by Gasteiger charge is 2.85. The fraction of sp³-hybridized carbons (Fsp3) is 0.889. The zero-order chi connectivity index (χ0) is 17.3. The van der Waals surface area contributed by atoms with Crippen molar-refractivity contribution in [3.05, 3.63) is 0 Å². The maximum Gasteiger partial charge on any atom is 0.411 e. The van der Waals surface area contributed by atoms with E-state index in [-0.39, 0.29) is 16.8 Å². The standard InChI is InChI=1S/C18H29NO4/c1-15(2,3)23-14(21)19-11-18(10-12(19)13(20)22-6)16(4,5)17(18)8-7-9-17/h12H,7-11H2,1-6H3. The highest BCUT2D eigenvalue weighted by molar-refractivity contribution is 5.83. The van der Waals surface area contributed by atoms with Crippen LogP contribution >= 0.6 is 0 Å². The maximum absolute atomic E-state index is 12.6. The van der Waals surface area contributed by atoms with Gasteiger partial charge in [-0.05, 0) is 50.9 Å². The maximum atomic E-state index is 12.6. The summed E-state index contributed by atoms with van der Waals surface area (Å²) in [5.74, 6) is -0.329. The van der Waals surface area contributed by atoms with Gasteiger partial charge >= 0.3 is 12.1 Å². The first-order chi connectivity index (χ1) is 10.5. The molecule has 23 heavy (non-hydrogen) atoms. The fourth-order valence-corrected chi connectivity index (χ4v) is 5.46. The van der Waals surface area contributed by atoms with Crippen LogP contribution in [0.4, 0.5) is 4.79 Å². The van der Waals surface area contributed by atoms with Crippen molar-refractivity contribution in [1.29, 1.82) is 0 Å². The Morgan fingerprint density at radius 1 is 1.13 bits per heavy atom. The monoisotopic (exact) mass is 323 g/mol. The lowest BCUT2D eigenvalue weighted by Crippen LogP contribution is -2.44. The molecule has 0 aromatic heterocycles. The summed E-state index contributed by atoms with van der Waals surface area (Å²) < 4.78 is 10.5. The van der Waals surface area contributed by atoms with E-state index in [0.717, 1.165) is 0 Å². The molecular formula is C18H29NO4. The molecule has 0 radical (unpaired) electrons. The number of nitrogens with zero attached hydrogens (tertiary/aromatic N) is 1. The number of methoxy groups -OCH3 is 1. The molecule has 2 unspecified atom stereocenters. The topological polar surface area (TPSA) is 55.8 Å². The first-order valence-electron chi connectivity index (χ1n) is 8.59. The van der Waals surface area contributed by atoms with Crippen LogP contribution < -0.4 is 0 Å². The Kier molecular flexibility index (Phi) is 3.35. The lowest BCUT2D eigenvalue weighted by atomic mass is 9.73. The molecule has 3 aliphatic rings. The Bertz CT molecular complexity index is 544. The van der Waals surface area contributed by atoms with Crippen LogP contribution in [0.2, 0.25) is 0 Å². The highest BCUT2D eigenvalue weighted by atomic mass is 16.6. The average Bonchev–Trinajstić information content (AvgIpc) is 2.68. The van der Waals surface area contributed by atoms with E-state index >= 15 is 0 Å². The number of rotatable bonds is 1. The molecule has 0 N–H and O–H groups in total. The second-order valence-corrected chi connectivity index (χ2v) is 8.99. The molecule has 1 amide bonds. The predicted octanol–water partition coefficient (Wildman–Crippen LogP) is 3.37. The molecule has 0 aromatic rings. The lowest BCUT2D eigenvalue weighted by Gasteiger charge is -2.32. The molecule has 1 heterocycles. The van der Waals surface area contributed by atoms with Crippen molar-refractivity contribution < 1.29 is 19.1 Å². The first kappa shape index (κ1) is 16.6. The Morgan fingerprint density at radius 3 is 2.13 bits per heavy atom. The average molecular weight is 323 g/mol. The molecule has 2 atom stereocenters. The molecular weight excluding hydrogens is 294 g/mol. The van der Waals surface area contributed by atoms with Crippen LogP contribution in [0.1, 0.15) is 60.3 Å². The number of esters is 1. The van der Waals surface area contributed by atoms with Gasteiger partial charge in [-0.2, -0.15) is 0 Å². The fourth-order valence-electron chi connectivity index (χ4n) is 5.46. The van der Waals surface area contributed by atoms with Gasteiger partial charge in [0.1, 0.15) is 11.6 Å². The van der Waals surface area contributed by atoms with Gasteiger partial charge in [0, 0.05) is 12.0 Å². The largest absolute Gasteiger partial charge is 0.467 e. The Morgan fingerprint density at radius 2 is 1.74 bits per heavy atom. The van der Waals surface area contributed by atoms with E-state index in [2.05, 4.69) is 13.8 Å². The summed E-state index contributed by atoms with van der Waals surface area (Å²) in [4.78, 5) is 26.5. The van der Waals surface area contributed by atoms with Crippen molar-refractivity contribution in [2.45, 2.75) is 71.9 Å². The van der Waals surface area contributed by atoms with Gasteiger partial charge in [-0.25, -0.2) is 9.59 Å². The molecule has 1 saturated heterocycles. The summed E-state index contributed by atoms with van der Waals surface area (Å²) >= 11 is 0. The normalized spacial score (nSPS) is 33.5. The van der Waals surface area contributed by atoms with Gasteiger partial charge in [0.2, 0.25) is 0 Å². The number of fused-ring (bicyclic) bond motifs is 1. The number of ether oxygens (including phenoxy) is 2. The van der Waals surface area contributed by atoms with E-state index in [1.165, 1.54) is 26.4 Å². The van der Waals surface area contributed by atoms with Crippen LogP contribution in [0.3, 0.4) is 0 Å². The van der Waals surface area contributed by atoms with Crippen molar-refractivity contribution in [3.63, 3.8) is 0 Å². The van der Waals surface area contributed by atoms with Crippen LogP contribution in [0.15, 0.2) is 0 Å². The predicted molar refractivity (Wildman–Crippen MR) is 85.9 cm³/mol. The zero-order valence-electron chi connectivity index (χ0n) is 15.2. The van der Waals surface area contributed by atoms with E-state index in [0.29, 0.717) is 18.4 Å².